The fraction of sp³-hybridized carbons (Fsp3) is 0.524. The molecular formula is C21H32IN5O. The largest absolute Gasteiger partial charge is 0.393 e. The van der Waals surface area contributed by atoms with Crippen molar-refractivity contribution in [2.45, 2.75) is 65.1 Å². The molecule has 1 aromatic carbocycles. The van der Waals surface area contributed by atoms with Crippen molar-refractivity contribution in [2.24, 2.45) is 4.99 Å². The number of aromatic nitrogens is 2. The Labute approximate surface area is 184 Å². The molecule has 0 unspecified atom stereocenters. The van der Waals surface area contributed by atoms with Crippen molar-refractivity contribution in [3.63, 3.8) is 0 Å². The van der Waals surface area contributed by atoms with Gasteiger partial charge < -0.3 is 15.7 Å². The number of aliphatic hydroxyl groups is 1. The third-order valence-corrected chi connectivity index (χ3v) is 5.22. The molecule has 0 atom stereocenters. The molecule has 6 nitrogen and oxygen atoms in total. The Balaban J connectivity index is 0.00000280. The molecule has 0 spiro atoms. The van der Waals surface area contributed by atoms with Gasteiger partial charge in [-0.2, -0.15) is 5.10 Å². The van der Waals surface area contributed by atoms with E-state index >= 15 is 0 Å². The average molecular weight is 497 g/mol. The fourth-order valence-corrected chi connectivity index (χ4v) is 3.62. The minimum atomic E-state index is -0.142. The molecule has 0 bridgehead atoms. The zero-order chi connectivity index (χ0) is 19.2. The van der Waals surface area contributed by atoms with E-state index in [1.54, 1.807) is 0 Å². The molecule has 3 N–H and O–H groups in total. The number of halogens is 1. The third-order valence-electron chi connectivity index (χ3n) is 5.22. The Hall–Kier alpha value is -1.61. The predicted molar refractivity (Wildman–Crippen MR) is 125 cm³/mol. The Morgan fingerprint density at radius 2 is 1.86 bits per heavy atom. The van der Waals surface area contributed by atoms with Crippen LogP contribution < -0.4 is 10.6 Å². The van der Waals surface area contributed by atoms with Crippen LogP contribution in [-0.2, 0) is 6.54 Å². The number of aliphatic imine (C=N–C) groups is 1. The van der Waals surface area contributed by atoms with E-state index in [0.717, 1.165) is 60.8 Å². The Morgan fingerprint density at radius 1 is 1.18 bits per heavy atom. The quantitative estimate of drug-likeness (QED) is 0.336. The summed E-state index contributed by atoms with van der Waals surface area (Å²) in [6, 6.07) is 10.6. The Morgan fingerprint density at radius 3 is 2.50 bits per heavy atom. The van der Waals surface area contributed by atoms with Crippen LogP contribution in [0.3, 0.4) is 0 Å². The lowest BCUT2D eigenvalue weighted by Gasteiger charge is -2.27. The smallest absolute Gasteiger partial charge is 0.191 e. The molecule has 0 radical (unpaired) electrons. The standard InChI is InChI=1S/C21H31N5O.HI/c1-4-22-21(24-17-10-12-19(27)13-11-17)23-14-20-15(2)25-26(16(20)3)18-8-6-5-7-9-18;/h5-9,17,19,27H,4,10-14H2,1-3H3,(H2,22,23,24);1H. The van der Waals surface area contributed by atoms with Crippen LogP contribution >= 0.6 is 24.0 Å². The topological polar surface area (TPSA) is 74.5 Å². The summed E-state index contributed by atoms with van der Waals surface area (Å²) in [4.78, 5) is 4.80. The first-order valence-corrected chi connectivity index (χ1v) is 9.92. The van der Waals surface area contributed by atoms with Gasteiger partial charge in [0, 0.05) is 23.8 Å². The van der Waals surface area contributed by atoms with Crippen LogP contribution in [0.15, 0.2) is 35.3 Å². The van der Waals surface area contributed by atoms with Crippen molar-refractivity contribution in [2.75, 3.05) is 6.54 Å². The number of benzene rings is 1. The summed E-state index contributed by atoms with van der Waals surface area (Å²) < 4.78 is 1.99. The first-order valence-electron chi connectivity index (χ1n) is 9.92. The lowest BCUT2D eigenvalue weighted by Crippen LogP contribution is -2.45. The number of aliphatic hydroxyl groups excluding tert-OH is 1. The maximum absolute atomic E-state index is 9.69. The van der Waals surface area contributed by atoms with E-state index in [2.05, 4.69) is 36.6 Å². The first kappa shape index (κ1) is 22.7. The molecule has 1 fully saturated rings. The van der Waals surface area contributed by atoms with E-state index in [9.17, 15) is 5.11 Å². The maximum Gasteiger partial charge on any atom is 0.191 e. The number of para-hydroxylation sites is 1. The molecule has 0 amide bonds. The van der Waals surface area contributed by atoms with Gasteiger partial charge in [-0.3, -0.25) is 0 Å². The van der Waals surface area contributed by atoms with Crippen molar-refractivity contribution in [1.29, 1.82) is 0 Å². The van der Waals surface area contributed by atoms with E-state index in [4.69, 9.17) is 10.1 Å². The molecule has 0 aliphatic heterocycles. The van der Waals surface area contributed by atoms with Crippen molar-refractivity contribution < 1.29 is 5.11 Å². The minimum Gasteiger partial charge on any atom is -0.393 e. The lowest BCUT2D eigenvalue weighted by molar-refractivity contribution is 0.120. The summed E-state index contributed by atoms with van der Waals surface area (Å²) in [5, 5.41) is 21.3. The van der Waals surface area contributed by atoms with Crippen LogP contribution in [0.1, 0.15) is 49.6 Å². The summed E-state index contributed by atoms with van der Waals surface area (Å²) in [6.07, 6.45) is 3.54. The predicted octanol–water partition coefficient (Wildman–Crippen LogP) is 3.47. The van der Waals surface area contributed by atoms with E-state index in [1.807, 2.05) is 29.8 Å². The number of hydrogen-bond donors (Lipinski definition) is 3. The van der Waals surface area contributed by atoms with Crippen molar-refractivity contribution in [3.05, 3.63) is 47.3 Å². The Bertz CT molecular complexity index is 767. The highest BCUT2D eigenvalue weighted by Gasteiger charge is 2.20. The van der Waals surface area contributed by atoms with Crippen LogP contribution in [0, 0.1) is 13.8 Å². The molecule has 2 aromatic rings. The van der Waals surface area contributed by atoms with E-state index in [0.29, 0.717) is 12.6 Å². The number of aryl methyl sites for hydroxylation is 1. The number of guanidine groups is 1. The fourth-order valence-electron chi connectivity index (χ4n) is 3.62. The van der Waals surface area contributed by atoms with Crippen LogP contribution in [0.4, 0.5) is 0 Å². The summed E-state index contributed by atoms with van der Waals surface area (Å²) in [7, 11) is 0. The summed E-state index contributed by atoms with van der Waals surface area (Å²) in [5.41, 5.74) is 4.37. The first-order chi connectivity index (χ1) is 13.1. The summed E-state index contributed by atoms with van der Waals surface area (Å²) in [5.74, 6) is 0.838. The highest BCUT2D eigenvalue weighted by atomic mass is 127. The monoisotopic (exact) mass is 497 g/mol. The van der Waals surface area contributed by atoms with Gasteiger partial charge in [0.05, 0.1) is 24.0 Å². The number of nitrogens with one attached hydrogen (secondary N) is 2. The molecule has 7 heteroatoms. The van der Waals surface area contributed by atoms with Gasteiger partial charge in [0.15, 0.2) is 5.96 Å². The molecule has 3 rings (SSSR count). The van der Waals surface area contributed by atoms with E-state index in [-0.39, 0.29) is 30.1 Å². The van der Waals surface area contributed by atoms with Gasteiger partial charge in [-0.05, 0) is 58.6 Å². The van der Waals surface area contributed by atoms with Crippen molar-refractivity contribution >= 4 is 29.9 Å². The summed E-state index contributed by atoms with van der Waals surface area (Å²) in [6.45, 7) is 7.63. The van der Waals surface area contributed by atoms with Crippen LogP contribution in [0.5, 0.6) is 0 Å². The number of nitrogens with zero attached hydrogens (tertiary/aromatic N) is 3. The molecule has 1 aliphatic carbocycles. The molecule has 0 saturated heterocycles. The van der Waals surface area contributed by atoms with Crippen LogP contribution in [-0.4, -0.2) is 39.5 Å². The maximum atomic E-state index is 9.69. The lowest BCUT2D eigenvalue weighted by atomic mass is 9.93. The van der Waals surface area contributed by atoms with Crippen LogP contribution in [0.25, 0.3) is 5.69 Å². The molecule has 154 valence electrons. The highest BCUT2D eigenvalue weighted by molar-refractivity contribution is 14.0. The second-order valence-corrected chi connectivity index (χ2v) is 7.24. The zero-order valence-electron chi connectivity index (χ0n) is 17.0. The van der Waals surface area contributed by atoms with Gasteiger partial charge >= 0.3 is 0 Å². The van der Waals surface area contributed by atoms with Crippen molar-refractivity contribution in [1.82, 2.24) is 20.4 Å². The number of rotatable bonds is 5. The second kappa shape index (κ2) is 10.8. The van der Waals surface area contributed by atoms with Crippen molar-refractivity contribution in [3.8, 4) is 5.69 Å². The second-order valence-electron chi connectivity index (χ2n) is 7.24. The van der Waals surface area contributed by atoms with Gasteiger partial charge in [-0.15, -0.1) is 24.0 Å². The minimum absolute atomic E-state index is 0. The highest BCUT2D eigenvalue weighted by Crippen LogP contribution is 2.20. The van der Waals surface area contributed by atoms with Crippen LogP contribution in [0.2, 0.25) is 0 Å². The van der Waals surface area contributed by atoms with E-state index < -0.39 is 0 Å². The van der Waals surface area contributed by atoms with Gasteiger partial charge in [-0.1, -0.05) is 18.2 Å². The van der Waals surface area contributed by atoms with E-state index in [1.165, 1.54) is 0 Å². The molecular weight excluding hydrogens is 465 g/mol. The molecule has 1 aliphatic rings. The van der Waals surface area contributed by atoms with Gasteiger partial charge in [0.1, 0.15) is 0 Å². The Kier molecular flexibility index (Phi) is 8.75. The summed E-state index contributed by atoms with van der Waals surface area (Å²) >= 11 is 0. The van der Waals surface area contributed by atoms with Gasteiger partial charge in [0.2, 0.25) is 0 Å². The normalized spacial score (nSPS) is 19.8. The molecule has 1 heterocycles. The van der Waals surface area contributed by atoms with Gasteiger partial charge in [-0.25, -0.2) is 9.67 Å². The number of hydrogen-bond acceptors (Lipinski definition) is 3. The molecule has 1 saturated carbocycles. The molecule has 28 heavy (non-hydrogen) atoms. The molecule has 1 aromatic heterocycles. The van der Waals surface area contributed by atoms with Gasteiger partial charge in [0.25, 0.3) is 0 Å². The third kappa shape index (κ3) is 5.70. The zero-order valence-corrected chi connectivity index (χ0v) is 19.3. The SMILES string of the molecule is CCNC(=NCc1c(C)nn(-c2ccccc2)c1C)NC1CCC(O)CC1.I. The average Bonchev–Trinajstić information content (AvgIpc) is 2.96.